The molecule has 1 aromatic heterocycles. The number of carbonyl (C=O) groups excluding carboxylic acids is 3. The molecule has 144 valence electrons. The number of aromatic nitrogens is 2. The Morgan fingerprint density at radius 3 is 2.00 bits per heavy atom. The Kier molecular flexibility index (Phi) is 4.43. The molecule has 0 spiro atoms. The fourth-order valence-corrected chi connectivity index (χ4v) is 3.23. The van der Waals surface area contributed by atoms with Crippen LogP contribution >= 0.6 is 0 Å². The number of anilines is 2. The van der Waals surface area contributed by atoms with Crippen LogP contribution in [0.4, 0.5) is 11.4 Å². The summed E-state index contributed by atoms with van der Waals surface area (Å²) < 4.78 is 0. The monoisotopic (exact) mass is 386 g/mol. The number of rotatable bonds is 3. The fraction of sp³-hybridized carbons (Fsp3) is 0.136. The highest BCUT2D eigenvalue weighted by atomic mass is 16.2. The molecule has 0 bridgehead atoms. The zero-order valence-corrected chi connectivity index (χ0v) is 16.2. The van der Waals surface area contributed by atoms with Gasteiger partial charge in [-0.05, 0) is 61.4 Å². The lowest BCUT2D eigenvalue weighted by molar-refractivity contribution is 0.0925. The molecule has 0 fully saturated rings. The summed E-state index contributed by atoms with van der Waals surface area (Å²) >= 11 is 0. The van der Waals surface area contributed by atoms with Crippen molar-refractivity contribution >= 4 is 29.1 Å². The number of nitrogens with zero attached hydrogens (tertiary/aromatic N) is 4. The van der Waals surface area contributed by atoms with E-state index in [1.54, 1.807) is 36.2 Å². The summed E-state index contributed by atoms with van der Waals surface area (Å²) in [5.41, 5.74) is 4.34. The van der Waals surface area contributed by atoms with Crippen molar-refractivity contribution in [2.75, 3.05) is 16.8 Å². The second-order valence-corrected chi connectivity index (χ2v) is 6.94. The average Bonchev–Trinajstić information content (AvgIpc) is 3.00. The molecule has 0 saturated heterocycles. The molecule has 1 aliphatic rings. The summed E-state index contributed by atoms with van der Waals surface area (Å²) in [6, 6.07) is 12.2. The largest absolute Gasteiger partial charge is 0.311 e. The predicted octanol–water partition coefficient (Wildman–Crippen LogP) is 3.17. The number of fused-ring (bicyclic) bond motifs is 1. The second kappa shape index (κ2) is 6.94. The van der Waals surface area contributed by atoms with E-state index in [1.807, 2.05) is 32.0 Å². The van der Waals surface area contributed by atoms with E-state index in [9.17, 15) is 14.4 Å². The molecular formula is C22H18N4O3. The third kappa shape index (κ3) is 3.06. The smallest absolute Gasteiger partial charge is 0.267 e. The number of benzene rings is 2. The Morgan fingerprint density at radius 2 is 1.45 bits per heavy atom. The van der Waals surface area contributed by atoms with Gasteiger partial charge in [0.1, 0.15) is 0 Å². The molecule has 7 heteroatoms. The molecule has 2 aromatic carbocycles. The van der Waals surface area contributed by atoms with E-state index in [-0.39, 0.29) is 17.0 Å². The van der Waals surface area contributed by atoms with Crippen molar-refractivity contribution in [3.05, 3.63) is 82.7 Å². The van der Waals surface area contributed by atoms with E-state index >= 15 is 0 Å². The average molecular weight is 386 g/mol. The predicted molar refractivity (Wildman–Crippen MR) is 108 cm³/mol. The molecule has 3 aromatic rings. The standard InChI is InChI=1S/C22H18N4O3/c1-13-4-7-17(10-14(13)2)25(3)20(27)15-5-8-16(9-6-15)26-21(28)18-11-23-24-12-19(18)22(26)29/h4-12H,1-3H3. The SMILES string of the molecule is Cc1ccc(N(C)C(=O)c2ccc(N3C(=O)c4cnncc4C3=O)cc2)cc1C. The number of carbonyl (C=O) groups is 3. The van der Waals surface area contributed by atoms with E-state index in [4.69, 9.17) is 0 Å². The molecule has 3 amide bonds. The van der Waals surface area contributed by atoms with Crippen molar-refractivity contribution in [1.82, 2.24) is 10.2 Å². The molecule has 4 rings (SSSR count). The van der Waals surface area contributed by atoms with Gasteiger partial charge in [-0.3, -0.25) is 14.4 Å². The van der Waals surface area contributed by atoms with Gasteiger partial charge in [0, 0.05) is 18.3 Å². The van der Waals surface area contributed by atoms with Crippen LogP contribution < -0.4 is 9.80 Å². The van der Waals surface area contributed by atoms with Crippen LogP contribution in [0.3, 0.4) is 0 Å². The second-order valence-electron chi connectivity index (χ2n) is 6.94. The first-order valence-corrected chi connectivity index (χ1v) is 9.03. The molecule has 0 radical (unpaired) electrons. The maximum Gasteiger partial charge on any atom is 0.267 e. The molecule has 0 N–H and O–H groups in total. The van der Waals surface area contributed by atoms with Crippen LogP contribution in [0.15, 0.2) is 54.9 Å². The highest BCUT2D eigenvalue weighted by Crippen LogP contribution is 2.28. The van der Waals surface area contributed by atoms with Crippen LogP contribution in [0.25, 0.3) is 0 Å². The summed E-state index contributed by atoms with van der Waals surface area (Å²) in [6.07, 6.45) is 2.57. The van der Waals surface area contributed by atoms with Crippen molar-refractivity contribution in [3.63, 3.8) is 0 Å². The van der Waals surface area contributed by atoms with Crippen LogP contribution in [0.5, 0.6) is 0 Å². The fourth-order valence-electron chi connectivity index (χ4n) is 3.23. The molecule has 7 nitrogen and oxygen atoms in total. The van der Waals surface area contributed by atoms with Crippen LogP contribution in [-0.4, -0.2) is 35.0 Å². The highest BCUT2D eigenvalue weighted by molar-refractivity contribution is 6.34. The molecule has 0 atom stereocenters. The summed E-state index contributed by atoms with van der Waals surface area (Å²) in [5, 5.41) is 7.33. The van der Waals surface area contributed by atoms with Gasteiger partial charge in [-0.1, -0.05) is 6.07 Å². The van der Waals surface area contributed by atoms with Crippen molar-refractivity contribution < 1.29 is 14.4 Å². The lowest BCUT2D eigenvalue weighted by atomic mass is 10.1. The van der Waals surface area contributed by atoms with E-state index in [0.717, 1.165) is 21.7 Å². The summed E-state index contributed by atoms with van der Waals surface area (Å²) in [5.74, 6) is -1.09. The van der Waals surface area contributed by atoms with E-state index in [0.29, 0.717) is 11.3 Å². The minimum atomic E-state index is -0.453. The van der Waals surface area contributed by atoms with Crippen molar-refractivity contribution in [1.29, 1.82) is 0 Å². The lowest BCUT2D eigenvalue weighted by Crippen LogP contribution is -2.29. The maximum absolute atomic E-state index is 12.8. The Balaban J connectivity index is 1.58. The molecule has 29 heavy (non-hydrogen) atoms. The first-order valence-electron chi connectivity index (χ1n) is 9.03. The normalized spacial score (nSPS) is 12.9. The van der Waals surface area contributed by atoms with E-state index in [1.165, 1.54) is 12.4 Å². The van der Waals surface area contributed by atoms with Crippen LogP contribution in [0.2, 0.25) is 0 Å². The van der Waals surface area contributed by atoms with Gasteiger partial charge in [-0.25, -0.2) is 4.90 Å². The number of imide groups is 1. The lowest BCUT2D eigenvalue weighted by Gasteiger charge is -2.19. The van der Waals surface area contributed by atoms with E-state index in [2.05, 4.69) is 10.2 Å². The molecule has 2 heterocycles. The number of hydrogen-bond donors (Lipinski definition) is 0. The van der Waals surface area contributed by atoms with Crippen LogP contribution in [0.1, 0.15) is 42.2 Å². The van der Waals surface area contributed by atoms with Crippen molar-refractivity contribution in [2.24, 2.45) is 0 Å². The van der Waals surface area contributed by atoms with Gasteiger partial charge in [0.25, 0.3) is 17.7 Å². The van der Waals surface area contributed by atoms with Crippen molar-refractivity contribution in [3.8, 4) is 0 Å². The molecular weight excluding hydrogens is 368 g/mol. The van der Waals surface area contributed by atoms with Gasteiger partial charge in [0.05, 0.1) is 29.2 Å². The first kappa shape index (κ1) is 18.5. The third-order valence-electron chi connectivity index (χ3n) is 5.15. The van der Waals surface area contributed by atoms with Crippen LogP contribution in [0, 0.1) is 13.8 Å². The minimum Gasteiger partial charge on any atom is -0.311 e. The zero-order chi connectivity index (χ0) is 20.7. The molecule has 1 aliphatic heterocycles. The quantitative estimate of drug-likeness (QED) is 0.646. The van der Waals surface area contributed by atoms with Gasteiger partial charge in [-0.15, -0.1) is 0 Å². The van der Waals surface area contributed by atoms with E-state index < -0.39 is 11.8 Å². The maximum atomic E-state index is 12.8. The van der Waals surface area contributed by atoms with Gasteiger partial charge < -0.3 is 4.90 Å². The topological polar surface area (TPSA) is 83.5 Å². The van der Waals surface area contributed by atoms with Crippen molar-refractivity contribution in [2.45, 2.75) is 13.8 Å². The number of amides is 3. The Morgan fingerprint density at radius 1 is 0.862 bits per heavy atom. The minimum absolute atomic E-state index is 0.185. The van der Waals surface area contributed by atoms with Gasteiger partial charge in [-0.2, -0.15) is 10.2 Å². The summed E-state index contributed by atoms with van der Waals surface area (Å²) in [4.78, 5) is 40.6. The Labute approximate surface area is 167 Å². The molecule has 0 unspecified atom stereocenters. The zero-order valence-electron chi connectivity index (χ0n) is 16.2. The number of hydrogen-bond acceptors (Lipinski definition) is 5. The molecule has 0 saturated carbocycles. The summed E-state index contributed by atoms with van der Waals surface area (Å²) in [7, 11) is 1.71. The Hall–Kier alpha value is -3.87. The number of aryl methyl sites for hydroxylation is 2. The van der Waals surface area contributed by atoms with Gasteiger partial charge in [0.2, 0.25) is 0 Å². The van der Waals surface area contributed by atoms with Gasteiger partial charge >= 0.3 is 0 Å². The third-order valence-corrected chi connectivity index (χ3v) is 5.15. The summed E-state index contributed by atoms with van der Waals surface area (Å²) in [6.45, 7) is 4.02. The van der Waals surface area contributed by atoms with Gasteiger partial charge in [0.15, 0.2) is 0 Å². The Bertz CT molecular complexity index is 1120. The van der Waals surface area contributed by atoms with Crippen LogP contribution in [-0.2, 0) is 0 Å². The first-order chi connectivity index (χ1) is 13.9. The highest BCUT2D eigenvalue weighted by Gasteiger charge is 2.37. The molecule has 0 aliphatic carbocycles.